The number of carbonyl (C=O) groups is 1. The molecule has 6 nitrogen and oxygen atoms in total. The highest BCUT2D eigenvalue weighted by Gasteiger charge is 2.25. The van der Waals surface area contributed by atoms with Crippen LogP contribution in [0.15, 0.2) is 0 Å². The number of piperazine rings is 1. The fraction of sp³-hybridized carbons (Fsp3) is 0.917. The van der Waals surface area contributed by atoms with Crippen LogP contribution in [0.2, 0.25) is 0 Å². The number of likely N-dealkylation sites (N-methyl/N-ethyl adjacent to an activating group) is 1. The summed E-state index contributed by atoms with van der Waals surface area (Å²) in [5.74, 6) is 0.0779. The SMILES string of the molecule is COCCCNC(=O)CN1CCN(C)CC1CN. The minimum absolute atomic E-state index is 0.0779. The lowest BCUT2D eigenvalue weighted by atomic mass is 10.1. The molecule has 0 spiro atoms. The average molecular weight is 258 g/mol. The Kier molecular flexibility index (Phi) is 7.19. The Hall–Kier alpha value is -0.690. The number of ether oxygens (including phenoxy) is 1. The van der Waals surface area contributed by atoms with Gasteiger partial charge >= 0.3 is 0 Å². The molecule has 0 saturated carbocycles. The molecule has 1 aliphatic heterocycles. The van der Waals surface area contributed by atoms with Crippen LogP contribution in [-0.2, 0) is 9.53 Å². The quantitative estimate of drug-likeness (QED) is 0.556. The molecule has 1 amide bonds. The maximum atomic E-state index is 11.8. The van der Waals surface area contributed by atoms with Crippen molar-refractivity contribution in [2.75, 3.05) is 60.0 Å². The number of carbonyl (C=O) groups excluding carboxylic acids is 1. The molecule has 0 aromatic heterocycles. The zero-order chi connectivity index (χ0) is 13.4. The average Bonchev–Trinajstić information content (AvgIpc) is 2.37. The molecule has 1 saturated heterocycles. The monoisotopic (exact) mass is 258 g/mol. The molecule has 0 aliphatic carbocycles. The zero-order valence-corrected chi connectivity index (χ0v) is 11.5. The van der Waals surface area contributed by atoms with Crippen molar-refractivity contribution in [1.29, 1.82) is 0 Å². The maximum absolute atomic E-state index is 11.8. The lowest BCUT2D eigenvalue weighted by Crippen LogP contribution is -2.57. The highest BCUT2D eigenvalue weighted by Crippen LogP contribution is 2.06. The van der Waals surface area contributed by atoms with Gasteiger partial charge in [0.1, 0.15) is 0 Å². The summed E-state index contributed by atoms with van der Waals surface area (Å²) in [6, 6.07) is 0.286. The Morgan fingerprint density at radius 3 is 2.94 bits per heavy atom. The van der Waals surface area contributed by atoms with Gasteiger partial charge in [-0.25, -0.2) is 0 Å². The summed E-state index contributed by atoms with van der Waals surface area (Å²) in [7, 11) is 3.75. The van der Waals surface area contributed by atoms with Crippen molar-refractivity contribution in [1.82, 2.24) is 15.1 Å². The molecule has 0 aromatic carbocycles. The fourth-order valence-electron chi connectivity index (χ4n) is 2.16. The molecular formula is C12H26N4O2. The fourth-order valence-corrected chi connectivity index (χ4v) is 2.16. The Morgan fingerprint density at radius 2 is 2.28 bits per heavy atom. The van der Waals surface area contributed by atoms with Crippen LogP contribution in [0.3, 0.4) is 0 Å². The lowest BCUT2D eigenvalue weighted by Gasteiger charge is -2.39. The molecule has 3 N–H and O–H groups in total. The number of amides is 1. The number of nitrogens with two attached hydrogens (primary N) is 1. The Morgan fingerprint density at radius 1 is 1.50 bits per heavy atom. The van der Waals surface area contributed by atoms with E-state index >= 15 is 0 Å². The zero-order valence-electron chi connectivity index (χ0n) is 11.5. The Balaban J connectivity index is 2.25. The number of hydrogen-bond donors (Lipinski definition) is 2. The third-order valence-corrected chi connectivity index (χ3v) is 3.27. The normalized spacial score (nSPS) is 22.1. The second-order valence-electron chi connectivity index (χ2n) is 4.82. The van der Waals surface area contributed by atoms with Gasteiger partial charge in [0.15, 0.2) is 0 Å². The Bertz CT molecular complexity index is 250. The van der Waals surface area contributed by atoms with Gasteiger partial charge in [-0.2, -0.15) is 0 Å². The number of nitrogens with one attached hydrogen (secondary N) is 1. The predicted molar refractivity (Wildman–Crippen MR) is 71.4 cm³/mol. The minimum atomic E-state index is 0.0779. The van der Waals surface area contributed by atoms with Crippen LogP contribution in [0.5, 0.6) is 0 Å². The number of rotatable bonds is 7. The van der Waals surface area contributed by atoms with Gasteiger partial charge in [-0.15, -0.1) is 0 Å². The molecule has 18 heavy (non-hydrogen) atoms. The second-order valence-corrected chi connectivity index (χ2v) is 4.82. The van der Waals surface area contributed by atoms with Crippen LogP contribution < -0.4 is 11.1 Å². The van der Waals surface area contributed by atoms with Crippen molar-refractivity contribution < 1.29 is 9.53 Å². The van der Waals surface area contributed by atoms with Gasteiger partial charge in [0.2, 0.25) is 5.91 Å². The number of methoxy groups -OCH3 is 1. The van der Waals surface area contributed by atoms with Gasteiger partial charge in [0.05, 0.1) is 6.54 Å². The highest BCUT2D eigenvalue weighted by molar-refractivity contribution is 5.78. The molecule has 106 valence electrons. The molecule has 1 heterocycles. The third kappa shape index (κ3) is 5.30. The van der Waals surface area contributed by atoms with Crippen molar-refractivity contribution in [2.24, 2.45) is 5.73 Å². The van der Waals surface area contributed by atoms with Crippen molar-refractivity contribution in [3.8, 4) is 0 Å². The molecule has 1 rings (SSSR count). The second kappa shape index (κ2) is 8.42. The van der Waals surface area contributed by atoms with E-state index in [9.17, 15) is 4.79 Å². The summed E-state index contributed by atoms with van der Waals surface area (Å²) < 4.78 is 4.94. The first-order valence-corrected chi connectivity index (χ1v) is 6.55. The van der Waals surface area contributed by atoms with Crippen LogP contribution in [0.4, 0.5) is 0 Å². The molecular weight excluding hydrogens is 232 g/mol. The third-order valence-electron chi connectivity index (χ3n) is 3.27. The lowest BCUT2D eigenvalue weighted by molar-refractivity contribution is -0.123. The van der Waals surface area contributed by atoms with Gasteiger partial charge in [-0.3, -0.25) is 9.69 Å². The van der Waals surface area contributed by atoms with E-state index in [1.54, 1.807) is 7.11 Å². The van der Waals surface area contributed by atoms with Gasteiger partial charge in [0.25, 0.3) is 0 Å². The first-order valence-electron chi connectivity index (χ1n) is 6.55. The van der Waals surface area contributed by atoms with E-state index in [2.05, 4.69) is 22.2 Å². The van der Waals surface area contributed by atoms with E-state index in [0.717, 1.165) is 26.1 Å². The summed E-state index contributed by atoms with van der Waals surface area (Å²) in [5, 5.41) is 2.91. The van der Waals surface area contributed by atoms with Crippen LogP contribution in [0.1, 0.15) is 6.42 Å². The molecule has 0 bridgehead atoms. The van der Waals surface area contributed by atoms with Crippen LogP contribution in [0, 0.1) is 0 Å². The van der Waals surface area contributed by atoms with Gasteiger partial charge < -0.3 is 20.7 Å². The highest BCUT2D eigenvalue weighted by atomic mass is 16.5. The van der Waals surface area contributed by atoms with Crippen molar-refractivity contribution in [3.63, 3.8) is 0 Å². The maximum Gasteiger partial charge on any atom is 0.234 e. The molecule has 1 unspecified atom stereocenters. The van der Waals surface area contributed by atoms with Crippen LogP contribution in [0.25, 0.3) is 0 Å². The van der Waals surface area contributed by atoms with E-state index in [1.165, 1.54) is 0 Å². The summed E-state index contributed by atoms with van der Waals surface area (Å²) in [6.07, 6.45) is 0.852. The van der Waals surface area contributed by atoms with E-state index in [0.29, 0.717) is 26.2 Å². The summed E-state index contributed by atoms with van der Waals surface area (Å²) >= 11 is 0. The summed E-state index contributed by atoms with van der Waals surface area (Å²) in [4.78, 5) is 16.2. The molecule has 0 radical (unpaired) electrons. The van der Waals surface area contributed by atoms with Crippen molar-refractivity contribution in [2.45, 2.75) is 12.5 Å². The molecule has 1 aliphatic rings. The molecule has 1 fully saturated rings. The van der Waals surface area contributed by atoms with Crippen LogP contribution >= 0.6 is 0 Å². The smallest absolute Gasteiger partial charge is 0.234 e. The molecule has 0 aromatic rings. The van der Waals surface area contributed by atoms with Gasteiger partial charge in [0, 0.05) is 52.5 Å². The van der Waals surface area contributed by atoms with E-state index in [1.807, 2.05) is 0 Å². The largest absolute Gasteiger partial charge is 0.385 e. The summed E-state index contributed by atoms with van der Waals surface area (Å²) in [6.45, 7) is 5.24. The van der Waals surface area contributed by atoms with Crippen molar-refractivity contribution in [3.05, 3.63) is 0 Å². The number of nitrogens with zero attached hydrogens (tertiary/aromatic N) is 2. The summed E-state index contributed by atoms with van der Waals surface area (Å²) in [5.41, 5.74) is 5.75. The van der Waals surface area contributed by atoms with Gasteiger partial charge in [-0.05, 0) is 13.5 Å². The first kappa shape index (κ1) is 15.4. The first-order chi connectivity index (χ1) is 8.67. The van der Waals surface area contributed by atoms with Crippen molar-refractivity contribution >= 4 is 5.91 Å². The van der Waals surface area contributed by atoms with E-state index in [-0.39, 0.29) is 11.9 Å². The topological polar surface area (TPSA) is 70.8 Å². The standard InChI is InChI=1S/C12H26N4O2/c1-15-5-6-16(11(8-13)9-15)10-12(17)14-4-3-7-18-2/h11H,3-10,13H2,1-2H3,(H,14,17). The van der Waals surface area contributed by atoms with E-state index in [4.69, 9.17) is 10.5 Å². The van der Waals surface area contributed by atoms with E-state index < -0.39 is 0 Å². The van der Waals surface area contributed by atoms with Crippen LogP contribution in [-0.4, -0.2) is 81.8 Å². The van der Waals surface area contributed by atoms with Gasteiger partial charge in [-0.1, -0.05) is 0 Å². The minimum Gasteiger partial charge on any atom is -0.385 e. The molecule has 1 atom stereocenters. The predicted octanol–water partition coefficient (Wildman–Crippen LogP) is -1.29. The number of hydrogen-bond acceptors (Lipinski definition) is 5. The molecule has 6 heteroatoms. The Labute approximate surface area is 109 Å².